The van der Waals surface area contributed by atoms with Gasteiger partial charge in [-0.3, -0.25) is 0 Å². The van der Waals surface area contributed by atoms with E-state index in [1.807, 2.05) is 18.2 Å². The molecule has 2 N–H and O–H groups in total. The van der Waals surface area contributed by atoms with Crippen molar-refractivity contribution in [3.8, 4) is 0 Å². The van der Waals surface area contributed by atoms with Gasteiger partial charge >= 0.3 is 0 Å². The molecule has 1 atom stereocenters. The second-order valence-corrected chi connectivity index (χ2v) is 8.29. The molecule has 6 nitrogen and oxygen atoms in total. The molecule has 1 unspecified atom stereocenters. The molecule has 0 saturated carbocycles. The minimum atomic E-state index is 0.111. The van der Waals surface area contributed by atoms with Crippen LogP contribution in [0.15, 0.2) is 36.4 Å². The lowest BCUT2D eigenvalue weighted by atomic mass is 10.1. The van der Waals surface area contributed by atoms with E-state index < -0.39 is 0 Å². The lowest BCUT2D eigenvalue weighted by Gasteiger charge is -2.29. The molecule has 29 heavy (non-hydrogen) atoms. The van der Waals surface area contributed by atoms with Gasteiger partial charge in [0.25, 0.3) is 0 Å². The standard InChI is InChI=1S/C22H30N6S/c1-17(18-10-4-2-5-11-18)23-22(29)26-21-24-19(27-12-6-3-7-13-27)16-20(25-21)28-14-8-9-15-28/h2,4-5,10-11,16-17H,3,6-9,12-15H2,1H3,(H2,23,24,25,26,29). The van der Waals surface area contributed by atoms with Gasteiger partial charge in [0.15, 0.2) is 5.11 Å². The van der Waals surface area contributed by atoms with Gasteiger partial charge in [0.1, 0.15) is 11.6 Å². The number of anilines is 3. The van der Waals surface area contributed by atoms with Crippen molar-refractivity contribution in [3.63, 3.8) is 0 Å². The van der Waals surface area contributed by atoms with E-state index >= 15 is 0 Å². The van der Waals surface area contributed by atoms with Gasteiger partial charge < -0.3 is 20.4 Å². The Balaban J connectivity index is 1.50. The van der Waals surface area contributed by atoms with Crippen molar-refractivity contribution in [2.24, 2.45) is 0 Å². The number of rotatable bonds is 5. The molecule has 0 bridgehead atoms. The number of benzene rings is 1. The molecular formula is C22H30N6S. The Hall–Kier alpha value is -2.41. The third-order valence-electron chi connectivity index (χ3n) is 5.68. The molecule has 0 amide bonds. The van der Waals surface area contributed by atoms with Gasteiger partial charge in [0.2, 0.25) is 5.95 Å². The number of piperidine rings is 1. The first-order valence-corrected chi connectivity index (χ1v) is 11.1. The average molecular weight is 411 g/mol. The first-order valence-electron chi connectivity index (χ1n) is 10.7. The average Bonchev–Trinajstić information content (AvgIpc) is 3.30. The van der Waals surface area contributed by atoms with Crippen LogP contribution >= 0.6 is 12.2 Å². The number of nitrogens with one attached hydrogen (secondary N) is 2. The molecule has 2 aliphatic rings. The van der Waals surface area contributed by atoms with E-state index in [2.05, 4.69) is 45.6 Å². The fraction of sp³-hybridized carbons (Fsp3) is 0.500. The molecule has 7 heteroatoms. The predicted octanol–water partition coefficient (Wildman–Crippen LogP) is 4.11. The lowest BCUT2D eigenvalue weighted by molar-refractivity contribution is 0.573. The van der Waals surface area contributed by atoms with Crippen LogP contribution in [0.5, 0.6) is 0 Å². The first kappa shape index (κ1) is 19.9. The summed E-state index contributed by atoms with van der Waals surface area (Å²) in [5.74, 6) is 2.58. The minimum absolute atomic E-state index is 0.111. The molecule has 154 valence electrons. The smallest absolute Gasteiger partial charge is 0.232 e. The fourth-order valence-electron chi connectivity index (χ4n) is 4.03. The summed E-state index contributed by atoms with van der Waals surface area (Å²) >= 11 is 5.56. The second kappa shape index (κ2) is 9.39. The highest BCUT2D eigenvalue weighted by atomic mass is 32.1. The molecule has 4 rings (SSSR count). The fourth-order valence-corrected chi connectivity index (χ4v) is 4.30. The summed E-state index contributed by atoms with van der Waals surface area (Å²) in [7, 11) is 0. The van der Waals surface area contributed by atoms with Crippen LogP contribution in [0.1, 0.15) is 50.6 Å². The van der Waals surface area contributed by atoms with E-state index in [1.165, 1.54) is 37.7 Å². The number of thiocarbonyl (C=S) groups is 1. The van der Waals surface area contributed by atoms with E-state index in [9.17, 15) is 0 Å². The lowest BCUT2D eigenvalue weighted by Crippen LogP contribution is -2.33. The van der Waals surface area contributed by atoms with Crippen LogP contribution in [0, 0.1) is 0 Å². The van der Waals surface area contributed by atoms with Crippen molar-refractivity contribution in [1.82, 2.24) is 15.3 Å². The highest BCUT2D eigenvalue weighted by Crippen LogP contribution is 2.26. The van der Waals surface area contributed by atoms with Gasteiger partial charge in [0.05, 0.1) is 6.04 Å². The Morgan fingerprint density at radius 2 is 1.45 bits per heavy atom. The third kappa shape index (κ3) is 5.15. The van der Waals surface area contributed by atoms with Crippen LogP contribution in [-0.4, -0.2) is 41.3 Å². The van der Waals surface area contributed by atoms with Gasteiger partial charge in [-0.05, 0) is 56.8 Å². The molecule has 2 fully saturated rings. The highest BCUT2D eigenvalue weighted by molar-refractivity contribution is 7.80. The first-order chi connectivity index (χ1) is 14.2. The third-order valence-corrected chi connectivity index (χ3v) is 5.90. The van der Waals surface area contributed by atoms with E-state index in [0.717, 1.165) is 37.8 Å². The van der Waals surface area contributed by atoms with Crippen LogP contribution in [0.2, 0.25) is 0 Å². The van der Waals surface area contributed by atoms with E-state index in [0.29, 0.717) is 11.1 Å². The Morgan fingerprint density at radius 3 is 2.03 bits per heavy atom. The topological polar surface area (TPSA) is 56.3 Å². The van der Waals surface area contributed by atoms with Crippen LogP contribution in [-0.2, 0) is 0 Å². The maximum Gasteiger partial charge on any atom is 0.232 e. The zero-order chi connectivity index (χ0) is 20.1. The predicted molar refractivity (Wildman–Crippen MR) is 124 cm³/mol. The normalized spacial score (nSPS) is 17.8. The number of hydrogen-bond acceptors (Lipinski definition) is 5. The number of hydrogen-bond donors (Lipinski definition) is 2. The number of aromatic nitrogens is 2. The number of nitrogens with zero attached hydrogens (tertiary/aromatic N) is 4. The van der Waals surface area contributed by atoms with E-state index in [1.54, 1.807) is 0 Å². The molecule has 2 aliphatic heterocycles. The van der Waals surface area contributed by atoms with E-state index in [4.69, 9.17) is 22.2 Å². The van der Waals surface area contributed by atoms with Crippen molar-refractivity contribution >= 4 is 34.9 Å². The van der Waals surface area contributed by atoms with Crippen molar-refractivity contribution in [3.05, 3.63) is 42.0 Å². The zero-order valence-corrected chi connectivity index (χ0v) is 17.9. The summed E-state index contributed by atoms with van der Waals surface area (Å²) in [6.45, 7) is 6.34. The molecule has 3 heterocycles. The van der Waals surface area contributed by atoms with Crippen LogP contribution in [0.4, 0.5) is 17.6 Å². The molecule has 0 aliphatic carbocycles. The molecule has 2 aromatic rings. The van der Waals surface area contributed by atoms with Crippen molar-refractivity contribution < 1.29 is 0 Å². The van der Waals surface area contributed by atoms with Gasteiger partial charge in [0, 0.05) is 32.2 Å². The maximum absolute atomic E-state index is 5.56. The zero-order valence-electron chi connectivity index (χ0n) is 17.1. The van der Waals surface area contributed by atoms with Gasteiger partial charge in [-0.1, -0.05) is 30.3 Å². The summed E-state index contributed by atoms with van der Waals surface area (Å²) in [4.78, 5) is 14.3. The Labute approximate surface area is 178 Å². The minimum Gasteiger partial charge on any atom is -0.356 e. The quantitative estimate of drug-likeness (QED) is 0.719. The molecule has 1 aromatic carbocycles. The van der Waals surface area contributed by atoms with Crippen molar-refractivity contribution in [1.29, 1.82) is 0 Å². The van der Waals surface area contributed by atoms with Crippen LogP contribution < -0.4 is 20.4 Å². The maximum atomic E-state index is 5.56. The largest absolute Gasteiger partial charge is 0.356 e. The molecule has 2 saturated heterocycles. The van der Waals surface area contributed by atoms with Gasteiger partial charge in [-0.2, -0.15) is 9.97 Å². The Kier molecular flexibility index (Phi) is 6.44. The SMILES string of the molecule is CC(NC(=S)Nc1nc(N2CCCCC2)cc(N2CCCC2)n1)c1ccccc1. The van der Waals surface area contributed by atoms with Gasteiger partial charge in [-0.25, -0.2) is 0 Å². The Morgan fingerprint density at radius 1 is 0.897 bits per heavy atom. The summed E-state index contributed by atoms with van der Waals surface area (Å²) in [6, 6.07) is 12.5. The molecule has 1 aromatic heterocycles. The van der Waals surface area contributed by atoms with Crippen molar-refractivity contribution in [2.75, 3.05) is 41.3 Å². The monoisotopic (exact) mass is 410 g/mol. The van der Waals surface area contributed by atoms with Crippen molar-refractivity contribution in [2.45, 2.75) is 45.1 Å². The second-order valence-electron chi connectivity index (χ2n) is 7.88. The summed E-state index contributed by atoms with van der Waals surface area (Å²) < 4.78 is 0. The van der Waals surface area contributed by atoms with Gasteiger partial charge in [-0.15, -0.1) is 0 Å². The van der Waals surface area contributed by atoms with Crippen LogP contribution in [0.3, 0.4) is 0 Å². The summed E-state index contributed by atoms with van der Waals surface area (Å²) in [5, 5.41) is 7.12. The molecule has 0 spiro atoms. The molecular weight excluding hydrogens is 380 g/mol. The molecule has 0 radical (unpaired) electrons. The van der Waals surface area contributed by atoms with Crippen LogP contribution in [0.25, 0.3) is 0 Å². The summed E-state index contributed by atoms with van der Waals surface area (Å²) in [6.07, 6.45) is 6.19. The van der Waals surface area contributed by atoms with E-state index in [-0.39, 0.29) is 6.04 Å². The Bertz CT molecular complexity index is 815. The summed E-state index contributed by atoms with van der Waals surface area (Å²) in [5.41, 5.74) is 1.19. The highest BCUT2D eigenvalue weighted by Gasteiger charge is 2.20.